The second-order valence-electron chi connectivity index (χ2n) is 4.21. The molecule has 8 heteroatoms. The Labute approximate surface area is 128 Å². The fourth-order valence-corrected chi connectivity index (χ4v) is 2.12. The first-order chi connectivity index (χ1) is 10.1. The molecule has 2 aromatic rings. The van der Waals surface area contributed by atoms with E-state index in [1.54, 1.807) is 19.1 Å². The zero-order chi connectivity index (χ0) is 15.4. The van der Waals surface area contributed by atoms with E-state index in [0.717, 1.165) is 0 Å². The fraction of sp³-hybridized carbons (Fsp3) is 0.154. The molecule has 0 radical (unpaired) electrons. The Morgan fingerprint density at radius 3 is 2.86 bits per heavy atom. The van der Waals surface area contributed by atoms with Crippen LogP contribution in [0.25, 0.3) is 0 Å². The lowest BCUT2D eigenvalue weighted by atomic mass is 10.1. The summed E-state index contributed by atoms with van der Waals surface area (Å²) in [5.74, 6) is 0.239. The summed E-state index contributed by atoms with van der Waals surface area (Å²) < 4.78 is 13.1. The number of aromatic nitrogens is 2. The molecule has 108 valence electrons. The molecule has 1 heterocycles. The number of rotatable bonds is 4. The first-order valence-electron chi connectivity index (χ1n) is 5.89. The van der Waals surface area contributed by atoms with Crippen molar-refractivity contribution in [3.05, 3.63) is 39.5 Å². The van der Waals surface area contributed by atoms with Crippen molar-refractivity contribution >= 4 is 33.4 Å². The van der Waals surface area contributed by atoms with Crippen LogP contribution < -0.4 is 10.9 Å². The van der Waals surface area contributed by atoms with Gasteiger partial charge in [0.2, 0.25) is 5.95 Å². The molecule has 0 unspecified atom stereocenters. The molecule has 0 atom stereocenters. The summed E-state index contributed by atoms with van der Waals surface area (Å²) in [5.41, 5.74) is 3.48. The molecule has 3 N–H and O–H groups in total. The molecule has 0 amide bonds. The van der Waals surface area contributed by atoms with Crippen molar-refractivity contribution in [2.24, 2.45) is 0 Å². The van der Waals surface area contributed by atoms with Gasteiger partial charge in [-0.2, -0.15) is 10.2 Å². The van der Waals surface area contributed by atoms with Crippen LogP contribution in [-0.4, -0.2) is 15.1 Å². The second-order valence-corrected chi connectivity index (χ2v) is 5.00. The van der Waals surface area contributed by atoms with Gasteiger partial charge in [0.05, 0.1) is 12.2 Å². The van der Waals surface area contributed by atoms with Crippen LogP contribution in [-0.2, 0) is 6.61 Å². The van der Waals surface area contributed by atoms with Crippen molar-refractivity contribution in [2.45, 2.75) is 13.5 Å². The summed E-state index contributed by atoms with van der Waals surface area (Å²) >= 11 is 3.25. The SMILES string of the molecule is Cc1cnc(Nc2cc(C#N)c(Br)c(CO)c2)nc1NF. The van der Waals surface area contributed by atoms with Gasteiger partial charge in [-0.25, -0.2) is 10.5 Å². The predicted molar refractivity (Wildman–Crippen MR) is 79.6 cm³/mol. The predicted octanol–water partition coefficient (Wildman–Crippen LogP) is 2.95. The molecule has 21 heavy (non-hydrogen) atoms. The number of aryl methyl sites for hydroxylation is 1. The van der Waals surface area contributed by atoms with Gasteiger partial charge < -0.3 is 10.4 Å². The Bertz CT molecular complexity index is 716. The van der Waals surface area contributed by atoms with Crippen molar-refractivity contribution in [3.63, 3.8) is 0 Å². The second kappa shape index (κ2) is 6.47. The molecule has 2 rings (SSSR count). The summed E-state index contributed by atoms with van der Waals surface area (Å²) in [6.45, 7) is 1.44. The van der Waals surface area contributed by atoms with Gasteiger partial charge in [0, 0.05) is 21.9 Å². The lowest BCUT2D eigenvalue weighted by molar-refractivity contribution is 0.281. The summed E-state index contributed by atoms with van der Waals surface area (Å²) in [7, 11) is 0. The third-order valence-corrected chi connectivity index (χ3v) is 3.69. The highest BCUT2D eigenvalue weighted by molar-refractivity contribution is 9.10. The summed E-state index contributed by atoms with van der Waals surface area (Å²) in [6, 6.07) is 5.24. The number of anilines is 3. The third kappa shape index (κ3) is 3.26. The smallest absolute Gasteiger partial charge is 0.229 e. The van der Waals surface area contributed by atoms with Crippen LogP contribution >= 0.6 is 15.9 Å². The average molecular weight is 352 g/mol. The molecule has 0 aliphatic heterocycles. The first kappa shape index (κ1) is 15.2. The Balaban J connectivity index is 2.38. The van der Waals surface area contributed by atoms with E-state index in [1.807, 2.05) is 6.07 Å². The minimum atomic E-state index is -0.225. The minimum Gasteiger partial charge on any atom is -0.392 e. The molecule has 0 saturated carbocycles. The van der Waals surface area contributed by atoms with E-state index in [2.05, 4.69) is 31.2 Å². The highest BCUT2D eigenvalue weighted by atomic mass is 79.9. The number of nitrogens with one attached hydrogen (secondary N) is 2. The first-order valence-corrected chi connectivity index (χ1v) is 6.69. The molecule has 0 fully saturated rings. The largest absolute Gasteiger partial charge is 0.392 e. The number of halogens is 2. The third-order valence-electron chi connectivity index (χ3n) is 2.76. The van der Waals surface area contributed by atoms with Crippen molar-refractivity contribution in [1.82, 2.24) is 9.97 Å². The number of hydrogen-bond acceptors (Lipinski definition) is 6. The van der Waals surface area contributed by atoms with Crippen molar-refractivity contribution in [3.8, 4) is 6.07 Å². The maximum Gasteiger partial charge on any atom is 0.229 e. The van der Waals surface area contributed by atoms with E-state index in [1.165, 1.54) is 11.7 Å². The molecule has 1 aromatic carbocycles. The zero-order valence-corrected chi connectivity index (χ0v) is 12.6. The molecule has 0 aliphatic carbocycles. The highest BCUT2D eigenvalue weighted by Gasteiger charge is 2.10. The number of nitriles is 1. The van der Waals surface area contributed by atoms with E-state index in [-0.39, 0.29) is 18.4 Å². The lowest BCUT2D eigenvalue weighted by Crippen LogP contribution is -2.02. The van der Waals surface area contributed by atoms with Crippen molar-refractivity contribution < 1.29 is 9.59 Å². The number of aliphatic hydroxyl groups is 1. The van der Waals surface area contributed by atoms with Crippen LogP contribution in [0.1, 0.15) is 16.7 Å². The maximum atomic E-state index is 12.5. The Morgan fingerprint density at radius 2 is 2.24 bits per heavy atom. The van der Waals surface area contributed by atoms with Crippen LogP contribution in [0.15, 0.2) is 22.8 Å². The molecule has 0 aliphatic rings. The van der Waals surface area contributed by atoms with Gasteiger partial charge in [0.25, 0.3) is 0 Å². The molecule has 0 bridgehead atoms. The van der Waals surface area contributed by atoms with Crippen LogP contribution in [0.3, 0.4) is 0 Å². The Morgan fingerprint density at radius 1 is 1.48 bits per heavy atom. The van der Waals surface area contributed by atoms with Crippen LogP contribution in [0.4, 0.5) is 21.9 Å². The van der Waals surface area contributed by atoms with Crippen LogP contribution in [0, 0.1) is 18.3 Å². The monoisotopic (exact) mass is 351 g/mol. The lowest BCUT2D eigenvalue weighted by Gasteiger charge is -2.10. The van der Waals surface area contributed by atoms with Crippen molar-refractivity contribution in [1.29, 1.82) is 5.26 Å². The molecular formula is C13H11BrFN5O. The summed E-state index contributed by atoms with van der Waals surface area (Å²) in [5, 5.41) is 21.2. The summed E-state index contributed by atoms with van der Waals surface area (Å²) in [6.07, 6.45) is 1.47. The van der Waals surface area contributed by atoms with Gasteiger partial charge in [-0.05, 0) is 40.5 Å². The maximum absolute atomic E-state index is 12.5. The van der Waals surface area contributed by atoms with Gasteiger partial charge in [0.1, 0.15) is 6.07 Å². The number of nitrogens with zero attached hydrogens (tertiary/aromatic N) is 3. The Hall–Kier alpha value is -2.24. The van der Waals surface area contributed by atoms with E-state index in [4.69, 9.17) is 5.26 Å². The van der Waals surface area contributed by atoms with Crippen LogP contribution in [0.5, 0.6) is 0 Å². The quantitative estimate of drug-likeness (QED) is 0.733. The van der Waals surface area contributed by atoms with E-state index >= 15 is 0 Å². The van der Waals surface area contributed by atoms with Crippen molar-refractivity contribution in [2.75, 3.05) is 10.9 Å². The summed E-state index contributed by atoms with van der Waals surface area (Å²) in [4.78, 5) is 7.98. The topological polar surface area (TPSA) is 93.9 Å². The van der Waals surface area contributed by atoms with Gasteiger partial charge in [-0.15, -0.1) is 4.48 Å². The van der Waals surface area contributed by atoms with Crippen LogP contribution in [0.2, 0.25) is 0 Å². The van der Waals surface area contributed by atoms with E-state index < -0.39 is 0 Å². The number of hydrogen-bond donors (Lipinski definition) is 3. The van der Waals surface area contributed by atoms with Gasteiger partial charge in [-0.1, -0.05) is 0 Å². The van der Waals surface area contributed by atoms with Gasteiger partial charge >= 0.3 is 0 Å². The molecule has 0 spiro atoms. The number of aliphatic hydroxyl groups excluding tert-OH is 1. The molecule has 0 saturated heterocycles. The molecule has 6 nitrogen and oxygen atoms in total. The minimum absolute atomic E-state index is 0.0625. The van der Waals surface area contributed by atoms with E-state index in [9.17, 15) is 9.59 Å². The zero-order valence-electron chi connectivity index (χ0n) is 11.0. The Kier molecular flexibility index (Phi) is 4.67. The van der Waals surface area contributed by atoms with E-state index in [0.29, 0.717) is 26.9 Å². The standard InChI is InChI=1S/C13H11BrFN5O/c1-7-5-17-13(19-12(7)20-15)18-10-2-8(4-16)11(14)9(3-10)6-21/h2-3,5,21H,6H2,1H3,(H2,17,18,19,20). The normalized spacial score (nSPS) is 10.0. The molecular weight excluding hydrogens is 341 g/mol. The highest BCUT2D eigenvalue weighted by Crippen LogP contribution is 2.27. The fourth-order valence-electron chi connectivity index (χ4n) is 1.68. The average Bonchev–Trinajstić information content (AvgIpc) is 2.50. The van der Waals surface area contributed by atoms with Gasteiger partial charge in [-0.3, -0.25) is 0 Å². The number of benzene rings is 1. The van der Waals surface area contributed by atoms with Gasteiger partial charge in [0.15, 0.2) is 5.82 Å². The molecule has 1 aromatic heterocycles.